The molecule has 24 heavy (non-hydrogen) atoms. The molecule has 0 fully saturated rings. The van der Waals surface area contributed by atoms with Crippen LogP contribution in [0.3, 0.4) is 0 Å². The fourth-order valence-electron chi connectivity index (χ4n) is 2.25. The minimum atomic E-state index is -0.352. The number of aromatic nitrogens is 1. The summed E-state index contributed by atoms with van der Waals surface area (Å²) in [5.41, 5.74) is 2.19. The molecule has 0 saturated carbocycles. The standard InChI is InChI=1S/C19H23N3O2/c1-5-13-8-6-7-9-16(13)21-17(23)14-10-15(12-20-11-14)18(24)22-19(2,3)4/h6-12H,5H2,1-4H3,(H,21,23)(H,22,24). The van der Waals surface area contributed by atoms with E-state index in [1.54, 1.807) is 6.07 Å². The van der Waals surface area contributed by atoms with Gasteiger partial charge in [-0.1, -0.05) is 25.1 Å². The van der Waals surface area contributed by atoms with Gasteiger partial charge in [-0.15, -0.1) is 0 Å². The van der Waals surface area contributed by atoms with Crippen LogP contribution in [-0.4, -0.2) is 22.3 Å². The summed E-state index contributed by atoms with van der Waals surface area (Å²) in [6.45, 7) is 7.73. The first-order chi connectivity index (χ1) is 11.3. The zero-order valence-electron chi connectivity index (χ0n) is 14.5. The van der Waals surface area contributed by atoms with Gasteiger partial charge in [-0.05, 0) is 44.9 Å². The molecule has 0 aliphatic carbocycles. The van der Waals surface area contributed by atoms with Crippen molar-refractivity contribution in [3.8, 4) is 0 Å². The number of pyridine rings is 1. The highest BCUT2D eigenvalue weighted by molar-refractivity contribution is 6.06. The molecule has 0 spiro atoms. The molecule has 1 aromatic carbocycles. The van der Waals surface area contributed by atoms with Gasteiger partial charge in [0.25, 0.3) is 11.8 Å². The van der Waals surface area contributed by atoms with Gasteiger partial charge in [0.2, 0.25) is 0 Å². The summed E-state index contributed by atoms with van der Waals surface area (Å²) in [6.07, 6.45) is 3.73. The van der Waals surface area contributed by atoms with Crippen LogP contribution >= 0.6 is 0 Å². The topological polar surface area (TPSA) is 71.1 Å². The Morgan fingerprint density at radius 1 is 1.04 bits per heavy atom. The molecule has 0 aliphatic heterocycles. The number of aryl methyl sites for hydroxylation is 1. The summed E-state index contributed by atoms with van der Waals surface area (Å²) < 4.78 is 0. The highest BCUT2D eigenvalue weighted by atomic mass is 16.2. The first-order valence-electron chi connectivity index (χ1n) is 7.97. The van der Waals surface area contributed by atoms with Gasteiger partial charge in [-0.3, -0.25) is 14.6 Å². The number of rotatable bonds is 4. The maximum Gasteiger partial charge on any atom is 0.257 e. The summed E-state index contributed by atoms with van der Waals surface area (Å²) >= 11 is 0. The van der Waals surface area contributed by atoms with Gasteiger partial charge in [-0.2, -0.15) is 0 Å². The van der Waals surface area contributed by atoms with Gasteiger partial charge in [-0.25, -0.2) is 0 Å². The van der Waals surface area contributed by atoms with Crippen molar-refractivity contribution in [3.63, 3.8) is 0 Å². The second-order valence-electron chi connectivity index (χ2n) is 6.63. The van der Waals surface area contributed by atoms with Crippen molar-refractivity contribution in [1.29, 1.82) is 0 Å². The summed E-state index contributed by atoms with van der Waals surface area (Å²) in [5, 5.41) is 5.74. The van der Waals surface area contributed by atoms with Crippen LogP contribution in [0.15, 0.2) is 42.7 Å². The van der Waals surface area contributed by atoms with Crippen LogP contribution in [-0.2, 0) is 6.42 Å². The number of carbonyl (C=O) groups excluding carboxylic acids is 2. The Bertz CT molecular complexity index is 748. The van der Waals surface area contributed by atoms with E-state index in [1.807, 2.05) is 52.0 Å². The summed E-state index contributed by atoms with van der Waals surface area (Å²) in [7, 11) is 0. The molecule has 1 heterocycles. The molecule has 0 atom stereocenters. The number of amides is 2. The predicted molar refractivity (Wildman–Crippen MR) is 95.2 cm³/mol. The fourth-order valence-corrected chi connectivity index (χ4v) is 2.25. The molecular weight excluding hydrogens is 302 g/mol. The van der Waals surface area contributed by atoms with Crippen molar-refractivity contribution in [2.45, 2.75) is 39.7 Å². The van der Waals surface area contributed by atoms with E-state index in [1.165, 1.54) is 12.4 Å². The highest BCUT2D eigenvalue weighted by Crippen LogP contribution is 2.17. The third-order valence-corrected chi connectivity index (χ3v) is 3.40. The van der Waals surface area contributed by atoms with Crippen LogP contribution in [0, 0.1) is 0 Å². The average molecular weight is 325 g/mol. The lowest BCUT2D eigenvalue weighted by molar-refractivity contribution is 0.0919. The van der Waals surface area contributed by atoms with Gasteiger partial charge < -0.3 is 10.6 Å². The smallest absolute Gasteiger partial charge is 0.257 e. The van der Waals surface area contributed by atoms with E-state index in [-0.39, 0.29) is 17.4 Å². The molecule has 0 aliphatic rings. The molecule has 0 radical (unpaired) electrons. The Morgan fingerprint density at radius 3 is 2.29 bits per heavy atom. The van der Waals surface area contributed by atoms with Crippen molar-refractivity contribution in [2.75, 3.05) is 5.32 Å². The Kier molecular flexibility index (Phi) is 5.34. The number of nitrogens with zero attached hydrogens (tertiary/aromatic N) is 1. The average Bonchev–Trinajstić information content (AvgIpc) is 2.54. The Morgan fingerprint density at radius 2 is 1.67 bits per heavy atom. The van der Waals surface area contributed by atoms with E-state index in [0.29, 0.717) is 11.1 Å². The lowest BCUT2D eigenvalue weighted by Gasteiger charge is -2.20. The SMILES string of the molecule is CCc1ccccc1NC(=O)c1cncc(C(=O)NC(C)(C)C)c1. The van der Waals surface area contributed by atoms with Crippen LogP contribution in [0.4, 0.5) is 5.69 Å². The predicted octanol–water partition coefficient (Wildman–Crippen LogP) is 3.42. The monoisotopic (exact) mass is 325 g/mol. The van der Waals surface area contributed by atoms with Crippen LogP contribution < -0.4 is 10.6 Å². The molecule has 2 N–H and O–H groups in total. The number of anilines is 1. The zero-order valence-corrected chi connectivity index (χ0v) is 14.5. The van der Waals surface area contributed by atoms with E-state index >= 15 is 0 Å². The number of nitrogens with one attached hydrogen (secondary N) is 2. The van der Waals surface area contributed by atoms with Gasteiger partial charge in [0.1, 0.15) is 0 Å². The minimum absolute atomic E-state index is 0.251. The molecular formula is C19H23N3O2. The number of hydrogen-bond acceptors (Lipinski definition) is 3. The molecule has 0 unspecified atom stereocenters. The Labute approximate surface area is 142 Å². The van der Waals surface area contributed by atoms with Crippen molar-refractivity contribution >= 4 is 17.5 Å². The van der Waals surface area contributed by atoms with Crippen LogP contribution in [0.25, 0.3) is 0 Å². The van der Waals surface area contributed by atoms with E-state index in [4.69, 9.17) is 0 Å². The van der Waals surface area contributed by atoms with Crippen LogP contribution in [0.2, 0.25) is 0 Å². The Balaban J connectivity index is 2.19. The normalized spacial score (nSPS) is 11.0. The van der Waals surface area contributed by atoms with E-state index in [9.17, 15) is 9.59 Å². The number of benzene rings is 1. The van der Waals surface area contributed by atoms with Gasteiger partial charge in [0.15, 0.2) is 0 Å². The zero-order chi connectivity index (χ0) is 17.7. The molecule has 5 nitrogen and oxygen atoms in total. The number of carbonyl (C=O) groups is 2. The first-order valence-corrected chi connectivity index (χ1v) is 7.97. The highest BCUT2D eigenvalue weighted by Gasteiger charge is 2.17. The minimum Gasteiger partial charge on any atom is -0.347 e. The molecule has 2 aromatic rings. The van der Waals surface area contributed by atoms with Crippen molar-refractivity contribution < 1.29 is 9.59 Å². The molecule has 1 aromatic heterocycles. The van der Waals surface area contributed by atoms with Crippen molar-refractivity contribution in [3.05, 3.63) is 59.4 Å². The molecule has 126 valence electrons. The summed E-state index contributed by atoms with van der Waals surface area (Å²) in [6, 6.07) is 9.20. The third kappa shape index (κ3) is 4.65. The summed E-state index contributed by atoms with van der Waals surface area (Å²) in [5.74, 6) is -0.535. The van der Waals surface area contributed by atoms with Crippen LogP contribution in [0.5, 0.6) is 0 Å². The van der Waals surface area contributed by atoms with Crippen molar-refractivity contribution in [2.24, 2.45) is 0 Å². The first kappa shape index (κ1) is 17.7. The second kappa shape index (κ2) is 7.25. The second-order valence-corrected chi connectivity index (χ2v) is 6.63. The maximum atomic E-state index is 12.5. The molecule has 2 rings (SSSR count). The fraction of sp³-hybridized carbons (Fsp3) is 0.316. The maximum absolute atomic E-state index is 12.5. The quantitative estimate of drug-likeness (QED) is 0.905. The van der Waals surface area contributed by atoms with Gasteiger partial charge >= 0.3 is 0 Å². The largest absolute Gasteiger partial charge is 0.347 e. The van der Waals surface area contributed by atoms with E-state index in [0.717, 1.165) is 17.7 Å². The van der Waals surface area contributed by atoms with Gasteiger partial charge in [0.05, 0.1) is 11.1 Å². The lowest BCUT2D eigenvalue weighted by atomic mass is 10.1. The van der Waals surface area contributed by atoms with Gasteiger partial charge in [0, 0.05) is 23.6 Å². The number of para-hydroxylation sites is 1. The molecule has 2 amide bonds. The van der Waals surface area contributed by atoms with E-state index < -0.39 is 0 Å². The third-order valence-electron chi connectivity index (χ3n) is 3.40. The van der Waals surface area contributed by atoms with Crippen molar-refractivity contribution in [1.82, 2.24) is 10.3 Å². The molecule has 0 bridgehead atoms. The Hall–Kier alpha value is -2.69. The number of hydrogen-bond donors (Lipinski definition) is 2. The molecule has 5 heteroatoms. The summed E-state index contributed by atoms with van der Waals surface area (Å²) in [4.78, 5) is 28.7. The van der Waals surface area contributed by atoms with E-state index in [2.05, 4.69) is 15.6 Å². The van der Waals surface area contributed by atoms with Crippen LogP contribution in [0.1, 0.15) is 54.0 Å². The molecule has 0 saturated heterocycles. The lowest BCUT2D eigenvalue weighted by Crippen LogP contribution is -2.40.